The molecule has 0 saturated carbocycles. The molecule has 1 heterocycles. The number of benzene rings is 1. The largest absolute Gasteiger partial charge is 0.395 e. The van der Waals surface area contributed by atoms with Gasteiger partial charge >= 0.3 is 0 Å². The van der Waals surface area contributed by atoms with Gasteiger partial charge in [0.2, 0.25) is 11.8 Å². The predicted octanol–water partition coefficient (Wildman–Crippen LogP) is 1.21. The normalized spacial score (nSPS) is 14.5. The van der Waals surface area contributed by atoms with Crippen molar-refractivity contribution in [3.63, 3.8) is 0 Å². The Hall–Kier alpha value is -2.19. The van der Waals surface area contributed by atoms with E-state index in [4.69, 9.17) is 5.11 Å². The zero-order chi connectivity index (χ0) is 13.8. The fraction of sp³-hybridized carbons (Fsp3) is 0.286. The summed E-state index contributed by atoms with van der Waals surface area (Å²) in [4.78, 5) is 24.4. The quantitative estimate of drug-likeness (QED) is 0.643. The maximum atomic E-state index is 13.2. The Kier molecular flexibility index (Phi) is 3.93. The molecule has 98 valence electrons. The van der Waals surface area contributed by atoms with Crippen LogP contribution in [0.1, 0.15) is 24.8 Å². The van der Waals surface area contributed by atoms with Crippen LogP contribution in [0.25, 0.3) is 0 Å². The highest BCUT2D eigenvalue weighted by Crippen LogP contribution is 2.26. The summed E-state index contributed by atoms with van der Waals surface area (Å²) in [5, 5.41) is 8.67. The Morgan fingerprint density at radius 1 is 1.26 bits per heavy atom. The van der Waals surface area contributed by atoms with Crippen LogP contribution in [0.5, 0.6) is 0 Å². The number of hydrogen-bond acceptors (Lipinski definition) is 3. The SMILES string of the molecule is O=C1CCC(=O)N1c1ccc(F)cc1C#CCCO. The highest BCUT2D eigenvalue weighted by Gasteiger charge is 2.31. The molecule has 2 amide bonds. The Morgan fingerprint density at radius 2 is 1.95 bits per heavy atom. The standard InChI is InChI=1S/C14H12FNO3/c15-11-4-5-12(10(9-11)3-1-2-8-17)16-13(18)6-7-14(16)19/h4-5,9,17H,2,6-8H2. The highest BCUT2D eigenvalue weighted by atomic mass is 19.1. The molecule has 1 N–H and O–H groups in total. The van der Waals surface area contributed by atoms with Crippen molar-refractivity contribution in [2.24, 2.45) is 0 Å². The fourth-order valence-corrected chi connectivity index (χ4v) is 1.86. The topological polar surface area (TPSA) is 57.6 Å². The van der Waals surface area contributed by atoms with Crippen LogP contribution in [0.4, 0.5) is 10.1 Å². The molecule has 1 aromatic carbocycles. The molecule has 0 bridgehead atoms. The lowest BCUT2D eigenvalue weighted by molar-refractivity contribution is -0.121. The molecule has 4 nitrogen and oxygen atoms in total. The van der Waals surface area contributed by atoms with Crippen LogP contribution < -0.4 is 4.90 Å². The number of aliphatic hydroxyl groups excluding tert-OH is 1. The van der Waals surface area contributed by atoms with Crippen LogP contribution in [0.2, 0.25) is 0 Å². The van der Waals surface area contributed by atoms with E-state index >= 15 is 0 Å². The van der Waals surface area contributed by atoms with Gasteiger partial charge in [0.25, 0.3) is 0 Å². The Bertz CT molecular complexity index is 570. The molecule has 1 aliphatic heterocycles. The minimum Gasteiger partial charge on any atom is -0.395 e. The minimum absolute atomic E-state index is 0.0980. The number of imide groups is 1. The first-order valence-corrected chi connectivity index (χ1v) is 5.88. The van der Waals surface area contributed by atoms with Gasteiger partial charge in [-0.05, 0) is 18.2 Å². The number of carbonyl (C=O) groups is 2. The van der Waals surface area contributed by atoms with E-state index in [9.17, 15) is 14.0 Å². The summed E-state index contributed by atoms with van der Waals surface area (Å²) < 4.78 is 13.2. The minimum atomic E-state index is -0.490. The van der Waals surface area contributed by atoms with Crippen LogP contribution in [-0.2, 0) is 9.59 Å². The molecule has 2 rings (SSSR count). The first-order valence-electron chi connectivity index (χ1n) is 5.88. The molecule has 19 heavy (non-hydrogen) atoms. The number of rotatable bonds is 2. The first kappa shape index (κ1) is 13.2. The Morgan fingerprint density at radius 3 is 2.58 bits per heavy atom. The van der Waals surface area contributed by atoms with Gasteiger partial charge in [-0.15, -0.1) is 0 Å². The third-order valence-electron chi connectivity index (χ3n) is 2.71. The summed E-state index contributed by atoms with van der Waals surface area (Å²) in [6.07, 6.45) is 0.581. The second kappa shape index (κ2) is 5.63. The smallest absolute Gasteiger partial charge is 0.234 e. The second-order valence-electron chi connectivity index (χ2n) is 4.06. The van der Waals surface area contributed by atoms with Crippen LogP contribution in [0, 0.1) is 17.7 Å². The molecule has 1 fully saturated rings. The summed E-state index contributed by atoms with van der Waals surface area (Å²) >= 11 is 0. The summed E-state index contributed by atoms with van der Waals surface area (Å²) in [5.41, 5.74) is 0.580. The maximum absolute atomic E-state index is 13.2. The lowest BCUT2D eigenvalue weighted by Gasteiger charge is -2.15. The van der Waals surface area contributed by atoms with E-state index < -0.39 is 5.82 Å². The second-order valence-corrected chi connectivity index (χ2v) is 4.06. The average molecular weight is 261 g/mol. The van der Waals surface area contributed by atoms with Gasteiger partial charge < -0.3 is 5.11 Å². The van der Waals surface area contributed by atoms with Gasteiger partial charge in [-0.1, -0.05) is 11.8 Å². The summed E-state index contributed by atoms with van der Waals surface area (Å²) in [6, 6.07) is 3.74. The van der Waals surface area contributed by atoms with Crippen LogP contribution in [0.3, 0.4) is 0 Å². The molecule has 0 aromatic heterocycles. The number of nitrogens with zero attached hydrogens (tertiary/aromatic N) is 1. The zero-order valence-electron chi connectivity index (χ0n) is 10.1. The maximum Gasteiger partial charge on any atom is 0.234 e. The van der Waals surface area contributed by atoms with E-state index in [1.807, 2.05) is 0 Å². The predicted molar refractivity (Wildman–Crippen MR) is 66.7 cm³/mol. The molecule has 0 spiro atoms. The molecule has 0 aliphatic carbocycles. The van der Waals surface area contributed by atoms with Crippen molar-refractivity contribution < 1.29 is 19.1 Å². The van der Waals surface area contributed by atoms with Crippen molar-refractivity contribution in [2.45, 2.75) is 19.3 Å². The Labute approximate surface area is 109 Å². The number of aliphatic hydroxyl groups is 1. The monoisotopic (exact) mass is 261 g/mol. The van der Waals surface area contributed by atoms with E-state index in [1.54, 1.807) is 0 Å². The van der Waals surface area contributed by atoms with E-state index in [1.165, 1.54) is 18.2 Å². The van der Waals surface area contributed by atoms with E-state index in [0.29, 0.717) is 5.69 Å². The summed E-state index contributed by atoms with van der Waals surface area (Å²) in [5.74, 6) is 4.24. The van der Waals surface area contributed by atoms with Gasteiger partial charge in [-0.2, -0.15) is 0 Å². The summed E-state index contributed by atoms with van der Waals surface area (Å²) in [6.45, 7) is -0.0980. The van der Waals surface area contributed by atoms with Crippen molar-refractivity contribution in [2.75, 3.05) is 11.5 Å². The van der Waals surface area contributed by atoms with Crippen LogP contribution in [0.15, 0.2) is 18.2 Å². The molecular weight excluding hydrogens is 249 g/mol. The van der Waals surface area contributed by atoms with E-state index in [0.717, 1.165) is 4.90 Å². The van der Waals surface area contributed by atoms with Gasteiger partial charge in [0.05, 0.1) is 17.9 Å². The molecule has 1 aromatic rings. The molecule has 5 heteroatoms. The molecular formula is C14H12FNO3. The zero-order valence-corrected chi connectivity index (χ0v) is 10.1. The molecule has 0 unspecified atom stereocenters. The van der Waals surface area contributed by atoms with Gasteiger partial charge in [-0.3, -0.25) is 9.59 Å². The molecule has 0 radical (unpaired) electrons. The average Bonchev–Trinajstić information content (AvgIpc) is 2.70. The van der Waals surface area contributed by atoms with Gasteiger partial charge in [0.1, 0.15) is 5.82 Å². The Balaban J connectivity index is 2.43. The number of carbonyl (C=O) groups excluding carboxylic acids is 2. The van der Waals surface area contributed by atoms with Crippen molar-refractivity contribution in [1.82, 2.24) is 0 Å². The fourth-order valence-electron chi connectivity index (χ4n) is 1.86. The van der Waals surface area contributed by atoms with E-state index in [-0.39, 0.29) is 43.2 Å². The van der Waals surface area contributed by atoms with Crippen LogP contribution in [-0.4, -0.2) is 23.5 Å². The van der Waals surface area contributed by atoms with Crippen LogP contribution >= 0.6 is 0 Å². The van der Waals surface area contributed by atoms with Crippen molar-refractivity contribution in [3.8, 4) is 11.8 Å². The lowest BCUT2D eigenvalue weighted by atomic mass is 10.1. The number of amides is 2. The number of halogens is 1. The first-order chi connectivity index (χ1) is 9.13. The molecule has 1 saturated heterocycles. The summed E-state index contributed by atoms with van der Waals surface area (Å²) in [7, 11) is 0. The van der Waals surface area contributed by atoms with Crippen molar-refractivity contribution >= 4 is 17.5 Å². The number of anilines is 1. The highest BCUT2D eigenvalue weighted by molar-refractivity contribution is 6.20. The van der Waals surface area contributed by atoms with Gasteiger partial charge in [0, 0.05) is 19.3 Å². The third kappa shape index (κ3) is 2.80. The third-order valence-corrected chi connectivity index (χ3v) is 2.71. The van der Waals surface area contributed by atoms with Gasteiger partial charge in [0.15, 0.2) is 0 Å². The lowest BCUT2D eigenvalue weighted by Crippen LogP contribution is -2.29. The molecule has 1 aliphatic rings. The van der Waals surface area contributed by atoms with Gasteiger partial charge in [-0.25, -0.2) is 9.29 Å². The van der Waals surface area contributed by atoms with E-state index in [2.05, 4.69) is 11.8 Å². The number of hydrogen-bond donors (Lipinski definition) is 1. The molecule has 0 atom stereocenters. The van der Waals surface area contributed by atoms with Crippen molar-refractivity contribution in [3.05, 3.63) is 29.6 Å². The van der Waals surface area contributed by atoms with Crippen molar-refractivity contribution in [1.29, 1.82) is 0 Å².